The molecule has 0 aliphatic carbocycles. The van der Waals surface area contributed by atoms with Crippen molar-refractivity contribution < 1.29 is 8.78 Å². The zero-order valence-corrected chi connectivity index (χ0v) is 9.73. The molecule has 0 aliphatic rings. The van der Waals surface area contributed by atoms with Gasteiger partial charge in [0.2, 0.25) is 0 Å². The summed E-state index contributed by atoms with van der Waals surface area (Å²) in [5.41, 5.74) is 5.63. The molecule has 0 heterocycles. The van der Waals surface area contributed by atoms with Crippen molar-refractivity contribution in [2.75, 3.05) is 0 Å². The minimum atomic E-state index is -0.629. The second-order valence-corrected chi connectivity index (χ2v) is 4.17. The van der Waals surface area contributed by atoms with Crippen LogP contribution in [0.1, 0.15) is 24.4 Å². The Morgan fingerprint density at radius 2 is 1.93 bits per heavy atom. The lowest BCUT2D eigenvalue weighted by molar-refractivity contribution is 0.513. The van der Waals surface area contributed by atoms with Crippen LogP contribution in [0.25, 0.3) is 0 Å². The standard InChI is InChI=1S/C11H12BrF2N/c1-2-3-4-10(15)11-8(13)5-7(12)6-9(11)14/h2,5-6,10H,1,3-4,15H2/t10-/m0/s1. The maximum absolute atomic E-state index is 13.4. The zero-order valence-electron chi connectivity index (χ0n) is 8.14. The van der Waals surface area contributed by atoms with Crippen LogP contribution >= 0.6 is 15.9 Å². The van der Waals surface area contributed by atoms with Gasteiger partial charge in [-0.05, 0) is 25.0 Å². The molecule has 0 spiro atoms. The Hall–Kier alpha value is -0.740. The molecule has 15 heavy (non-hydrogen) atoms. The van der Waals surface area contributed by atoms with Crippen LogP contribution in [0.4, 0.5) is 8.78 Å². The van der Waals surface area contributed by atoms with E-state index in [1.807, 2.05) is 0 Å². The van der Waals surface area contributed by atoms with E-state index in [1.165, 1.54) is 12.1 Å². The Morgan fingerprint density at radius 3 is 2.40 bits per heavy atom. The van der Waals surface area contributed by atoms with Gasteiger partial charge in [0, 0.05) is 16.1 Å². The number of hydrogen-bond donors (Lipinski definition) is 1. The molecule has 0 fully saturated rings. The maximum Gasteiger partial charge on any atom is 0.132 e. The van der Waals surface area contributed by atoms with Crippen LogP contribution in [0.3, 0.4) is 0 Å². The van der Waals surface area contributed by atoms with Crippen LogP contribution in [0.5, 0.6) is 0 Å². The van der Waals surface area contributed by atoms with Crippen LogP contribution in [0.2, 0.25) is 0 Å². The van der Waals surface area contributed by atoms with E-state index < -0.39 is 17.7 Å². The Morgan fingerprint density at radius 1 is 1.40 bits per heavy atom. The highest BCUT2D eigenvalue weighted by Gasteiger charge is 2.16. The van der Waals surface area contributed by atoms with Crippen LogP contribution < -0.4 is 5.73 Å². The number of halogens is 3. The lowest BCUT2D eigenvalue weighted by atomic mass is 10.0. The van der Waals surface area contributed by atoms with Crippen LogP contribution in [0.15, 0.2) is 29.3 Å². The third kappa shape index (κ3) is 3.11. The predicted octanol–water partition coefficient (Wildman–Crippen LogP) is 3.69. The summed E-state index contributed by atoms with van der Waals surface area (Å²) in [5, 5.41) is 0. The molecule has 1 nitrogen and oxygen atoms in total. The highest BCUT2D eigenvalue weighted by molar-refractivity contribution is 9.10. The largest absolute Gasteiger partial charge is 0.324 e. The van der Waals surface area contributed by atoms with Gasteiger partial charge in [0.25, 0.3) is 0 Å². The van der Waals surface area contributed by atoms with E-state index in [0.717, 1.165) is 0 Å². The average Bonchev–Trinajstić information content (AvgIpc) is 2.12. The molecule has 0 aromatic heterocycles. The van der Waals surface area contributed by atoms with Crippen molar-refractivity contribution in [3.8, 4) is 0 Å². The smallest absolute Gasteiger partial charge is 0.132 e. The number of hydrogen-bond acceptors (Lipinski definition) is 1. The molecule has 0 amide bonds. The Balaban J connectivity index is 2.97. The highest BCUT2D eigenvalue weighted by atomic mass is 79.9. The summed E-state index contributed by atoms with van der Waals surface area (Å²) in [7, 11) is 0. The zero-order chi connectivity index (χ0) is 11.4. The lowest BCUT2D eigenvalue weighted by Crippen LogP contribution is -2.14. The van der Waals surface area contributed by atoms with Crippen molar-refractivity contribution in [1.29, 1.82) is 0 Å². The van der Waals surface area contributed by atoms with E-state index in [4.69, 9.17) is 5.73 Å². The van der Waals surface area contributed by atoms with Gasteiger partial charge in [-0.15, -0.1) is 6.58 Å². The third-order valence-corrected chi connectivity index (χ3v) is 2.55. The molecule has 1 aromatic carbocycles. The monoisotopic (exact) mass is 275 g/mol. The van der Waals surface area contributed by atoms with Crippen molar-refractivity contribution >= 4 is 15.9 Å². The molecule has 0 bridgehead atoms. The molecular formula is C11H12BrF2N. The summed E-state index contributed by atoms with van der Waals surface area (Å²) in [6.07, 6.45) is 2.80. The van der Waals surface area contributed by atoms with Crippen molar-refractivity contribution in [3.63, 3.8) is 0 Å². The summed E-state index contributed by atoms with van der Waals surface area (Å²) >= 11 is 3.01. The summed E-state index contributed by atoms with van der Waals surface area (Å²) in [4.78, 5) is 0. The minimum absolute atomic E-state index is 0.0555. The van der Waals surface area contributed by atoms with Gasteiger partial charge in [-0.2, -0.15) is 0 Å². The third-order valence-electron chi connectivity index (χ3n) is 2.10. The minimum Gasteiger partial charge on any atom is -0.324 e. The number of allylic oxidation sites excluding steroid dienone is 1. The van der Waals surface area contributed by atoms with Crippen molar-refractivity contribution in [2.45, 2.75) is 18.9 Å². The van der Waals surface area contributed by atoms with E-state index in [0.29, 0.717) is 17.3 Å². The molecule has 0 unspecified atom stereocenters. The predicted molar refractivity (Wildman–Crippen MR) is 60.4 cm³/mol. The summed E-state index contributed by atoms with van der Waals surface area (Å²) in [6.45, 7) is 3.53. The SMILES string of the molecule is C=CCC[C@H](N)c1c(F)cc(Br)cc1F. The summed E-state index contributed by atoms with van der Waals surface area (Å²) in [6, 6.07) is 1.80. The van der Waals surface area contributed by atoms with E-state index in [2.05, 4.69) is 22.5 Å². The molecule has 82 valence electrons. The van der Waals surface area contributed by atoms with Gasteiger partial charge in [0.05, 0.1) is 0 Å². The molecule has 0 saturated carbocycles. The molecule has 1 aromatic rings. The van der Waals surface area contributed by atoms with Gasteiger partial charge >= 0.3 is 0 Å². The quantitative estimate of drug-likeness (QED) is 0.834. The summed E-state index contributed by atoms with van der Waals surface area (Å²) < 4.78 is 27.2. The normalized spacial score (nSPS) is 12.5. The van der Waals surface area contributed by atoms with Crippen LogP contribution in [-0.4, -0.2) is 0 Å². The average molecular weight is 276 g/mol. The van der Waals surface area contributed by atoms with E-state index in [1.54, 1.807) is 6.08 Å². The summed E-state index contributed by atoms with van der Waals surface area (Å²) in [5.74, 6) is -1.23. The van der Waals surface area contributed by atoms with Gasteiger partial charge in [0.15, 0.2) is 0 Å². The molecular weight excluding hydrogens is 264 g/mol. The van der Waals surface area contributed by atoms with E-state index in [-0.39, 0.29) is 5.56 Å². The first-order valence-corrected chi connectivity index (χ1v) is 5.36. The van der Waals surface area contributed by atoms with Crippen molar-refractivity contribution in [1.82, 2.24) is 0 Å². The fourth-order valence-electron chi connectivity index (χ4n) is 1.35. The Labute approximate surface area is 96.1 Å². The molecule has 1 rings (SSSR count). The fourth-order valence-corrected chi connectivity index (χ4v) is 1.75. The Kier molecular flexibility index (Phi) is 4.42. The van der Waals surface area contributed by atoms with Crippen molar-refractivity contribution in [2.24, 2.45) is 5.73 Å². The molecule has 2 N–H and O–H groups in total. The fraction of sp³-hybridized carbons (Fsp3) is 0.273. The van der Waals surface area contributed by atoms with E-state index >= 15 is 0 Å². The van der Waals surface area contributed by atoms with Gasteiger partial charge in [-0.3, -0.25) is 0 Å². The first-order valence-electron chi connectivity index (χ1n) is 4.57. The molecule has 1 atom stereocenters. The molecule has 0 aliphatic heterocycles. The number of nitrogens with two attached hydrogens (primary N) is 1. The second-order valence-electron chi connectivity index (χ2n) is 3.26. The number of benzene rings is 1. The van der Waals surface area contributed by atoms with Gasteiger partial charge in [-0.25, -0.2) is 8.78 Å². The highest BCUT2D eigenvalue weighted by Crippen LogP contribution is 2.25. The van der Waals surface area contributed by atoms with Crippen molar-refractivity contribution in [3.05, 3.63) is 46.5 Å². The maximum atomic E-state index is 13.4. The molecule has 0 saturated heterocycles. The second kappa shape index (κ2) is 5.37. The van der Waals surface area contributed by atoms with Gasteiger partial charge in [-0.1, -0.05) is 22.0 Å². The van der Waals surface area contributed by atoms with E-state index in [9.17, 15) is 8.78 Å². The van der Waals surface area contributed by atoms with Gasteiger partial charge < -0.3 is 5.73 Å². The van der Waals surface area contributed by atoms with Gasteiger partial charge in [0.1, 0.15) is 11.6 Å². The molecule has 0 radical (unpaired) electrons. The molecule has 4 heteroatoms. The Bertz CT molecular complexity index is 343. The topological polar surface area (TPSA) is 26.0 Å². The van der Waals surface area contributed by atoms with Crippen LogP contribution in [0, 0.1) is 11.6 Å². The first-order chi connectivity index (χ1) is 7.06. The first kappa shape index (κ1) is 12.3. The van der Waals surface area contributed by atoms with Crippen LogP contribution in [-0.2, 0) is 0 Å². The lowest BCUT2D eigenvalue weighted by Gasteiger charge is -2.13. The number of rotatable bonds is 4.